The average molecular weight is 472 g/mol. The number of anilines is 3. The highest BCUT2D eigenvalue weighted by Gasteiger charge is 2.37. The van der Waals surface area contributed by atoms with Crippen LogP contribution in [0.3, 0.4) is 0 Å². The summed E-state index contributed by atoms with van der Waals surface area (Å²) in [5.74, 6) is 1.02. The van der Waals surface area contributed by atoms with Gasteiger partial charge in [0.05, 0.1) is 29.9 Å². The zero-order chi connectivity index (χ0) is 25.1. The van der Waals surface area contributed by atoms with Gasteiger partial charge in [0, 0.05) is 30.7 Å². The van der Waals surface area contributed by atoms with Gasteiger partial charge in [0.1, 0.15) is 5.82 Å². The molecule has 3 N–H and O–H groups in total. The number of halogens is 3. The van der Waals surface area contributed by atoms with E-state index in [0.29, 0.717) is 34.4 Å². The number of allylic oxidation sites excluding steroid dienone is 1. The fourth-order valence-corrected chi connectivity index (χ4v) is 3.77. The Morgan fingerprint density at radius 1 is 1.18 bits per heavy atom. The summed E-state index contributed by atoms with van der Waals surface area (Å²) in [6, 6.07) is 8.00. The van der Waals surface area contributed by atoms with Crippen LogP contribution in [0, 0.1) is 16.7 Å². The zero-order valence-corrected chi connectivity index (χ0v) is 19.9. The Labute approximate surface area is 199 Å². The highest BCUT2D eigenvalue weighted by molar-refractivity contribution is 6.09. The van der Waals surface area contributed by atoms with Crippen LogP contribution in [0.2, 0.25) is 0 Å². The maximum atomic E-state index is 12.7. The second-order valence-electron chi connectivity index (χ2n) is 9.70. The van der Waals surface area contributed by atoms with Crippen molar-refractivity contribution in [1.82, 2.24) is 10.3 Å². The van der Waals surface area contributed by atoms with Gasteiger partial charge in [-0.2, -0.15) is 13.2 Å². The lowest BCUT2D eigenvalue weighted by Crippen LogP contribution is -2.52. The van der Waals surface area contributed by atoms with Crippen LogP contribution in [0.15, 0.2) is 61.5 Å². The molecule has 1 fully saturated rings. The van der Waals surface area contributed by atoms with Gasteiger partial charge in [-0.15, -0.1) is 0 Å². The van der Waals surface area contributed by atoms with E-state index >= 15 is 0 Å². The lowest BCUT2D eigenvalue weighted by molar-refractivity contribution is -0.127. The lowest BCUT2D eigenvalue weighted by atomic mass is 9.75. The lowest BCUT2D eigenvalue weighted by Gasteiger charge is -2.48. The Hall–Kier alpha value is -3.29. The van der Waals surface area contributed by atoms with Crippen LogP contribution in [0.25, 0.3) is 0 Å². The smallest absolute Gasteiger partial charge is 0.380 e. The minimum Gasteiger partial charge on any atom is -0.380 e. The maximum Gasteiger partial charge on any atom is 0.393 e. The normalized spacial score (nSPS) is 14.4. The van der Waals surface area contributed by atoms with Crippen molar-refractivity contribution in [3.8, 4) is 0 Å². The van der Waals surface area contributed by atoms with Gasteiger partial charge < -0.3 is 20.9 Å². The molecule has 1 aromatic heterocycles. The molecule has 1 aromatic carbocycles. The fourth-order valence-electron chi connectivity index (χ4n) is 3.77. The molecule has 1 aliphatic rings. The summed E-state index contributed by atoms with van der Waals surface area (Å²) >= 11 is 0. The third-order valence-electron chi connectivity index (χ3n) is 6.04. The molecule has 1 aliphatic heterocycles. The number of aromatic nitrogens is 1. The second-order valence-corrected chi connectivity index (χ2v) is 9.70. The predicted molar refractivity (Wildman–Crippen MR) is 133 cm³/mol. The minimum atomic E-state index is -4.25. The molecular formula is C26H32F3N5. The van der Waals surface area contributed by atoms with Crippen LogP contribution < -0.4 is 15.5 Å². The van der Waals surface area contributed by atoms with E-state index < -0.39 is 12.6 Å². The van der Waals surface area contributed by atoms with E-state index in [1.54, 1.807) is 24.4 Å². The highest BCUT2D eigenvalue weighted by atomic mass is 19.4. The number of hydrogen-bond donors (Lipinski definition) is 3. The van der Waals surface area contributed by atoms with Crippen molar-refractivity contribution >= 4 is 22.9 Å². The van der Waals surface area contributed by atoms with E-state index in [0.717, 1.165) is 18.8 Å². The van der Waals surface area contributed by atoms with Crippen molar-refractivity contribution in [2.24, 2.45) is 11.3 Å². The van der Waals surface area contributed by atoms with Crippen LogP contribution >= 0.6 is 0 Å². The summed E-state index contributed by atoms with van der Waals surface area (Å²) in [7, 11) is 0. The topological polar surface area (TPSA) is 64.0 Å². The number of nitrogens with one attached hydrogen (secondary N) is 3. The summed E-state index contributed by atoms with van der Waals surface area (Å²) in [4.78, 5) is 6.70. The van der Waals surface area contributed by atoms with Crippen molar-refractivity contribution < 1.29 is 13.2 Å². The first-order valence-electron chi connectivity index (χ1n) is 11.2. The largest absolute Gasteiger partial charge is 0.393 e. The number of alkyl halides is 3. The van der Waals surface area contributed by atoms with E-state index in [4.69, 9.17) is 5.41 Å². The molecule has 0 saturated carbocycles. The molecule has 2 aromatic rings. The van der Waals surface area contributed by atoms with Crippen molar-refractivity contribution in [3.05, 3.63) is 72.6 Å². The Morgan fingerprint density at radius 3 is 2.38 bits per heavy atom. The van der Waals surface area contributed by atoms with Crippen LogP contribution in [0.4, 0.5) is 30.4 Å². The van der Waals surface area contributed by atoms with E-state index in [-0.39, 0.29) is 17.5 Å². The predicted octanol–water partition coefficient (Wildman–Crippen LogP) is 6.07. The first-order valence-corrected chi connectivity index (χ1v) is 11.2. The molecule has 0 spiro atoms. The molecule has 3 rings (SSSR count). The molecule has 0 amide bonds. The van der Waals surface area contributed by atoms with Crippen LogP contribution in [-0.2, 0) is 6.42 Å². The van der Waals surface area contributed by atoms with Gasteiger partial charge in [-0.1, -0.05) is 46.1 Å². The fraction of sp³-hybridized carbons (Fsp3) is 0.385. The number of nitrogens with zero attached hydrogens (tertiary/aromatic N) is 2. The van der Waals surface area contributed by atoms with Gasteiger partial charge in [-0.3, -0.25) is 0 Å². The molecule has 0 radical (unpaired) electrons. The van der Waals surface area contributed by atoms with Crippen molar-refractivity contribution in [3.63, 3.8) is 0 Å². The number of pyridine rings is 1. The summed E-state index contributed by atoms with van der Waals surface area (Å²) in [6.07, 6.45) is -1.95. The van der Waals surface area contributed by atoms with E-state index in [1.165, 1.54) is 12.1 Å². The van der Waals surface area contributed by atoms with Gasteiger partial charge in [0.2, 0.25) is 0 Å². The Balaban J connectivity index is 1.88. The second kappa shape index (κ2) is 9.91. The molecule has 8 heteroatoms. The average Bonchev–Trinajstić information content (AvgIpc) is 2.70. The van der Waals surface area contributed by atoms with E-state index in [1.807, 2.05) is 6.07 Å². The third-order valence-corrected chi connectivity index (χ3v) is 6.04. The minimum absolute atomic E-state index is 0.189. The molecule has 0 aliphatic carbocycles. The van der Waals surface area contributed by atoms with Gasteiger partial charge in [-0.05, 0) is 41.2 Å². The molecule has 5 nitrogen and oxygen atoms in total. The molecule has 0 atom stereocenters. The van der Waals surface area contributed by atoms with Crippen LogP contribution in [0.5, 0.6) is 0 Å². The van der Waals surface area contributed by atoms with Gasteiger partial charge in [0.15, 0.2) is 0 Å². The molecular weight excluding hydrogens is 439 g/mol. The van der Waals surface area contributed by atoms with Crippen LogP contribution in [0.1, 0.15) is 31.9 Å². The SMILES string of the molecule is C=CC(=C)NCC(=N)c1c(N2CC(C(C)(C)C)C2)ccnc1Nc1ccc(CC(F)(F)F)cc1. The summed E-state index contributed by atoms with van der Waals surface area (Å²) in [5.41, 5.74) is 3.47. The molecule has 34 heavy (non-hydrogen) atoms. The maximum absolute atomic E-state index is 12.7. The Kier molecular flexibility index (Phi) is 7.38. The summed E-state index contributed by atoms with van der Waals surface area (Å²) < 4.78 is 38.0. The van der Waals surface area contributed by atoms with E-state index in [9.17, 15) is 13.2 Å². The quantitative estimate of drug-likeness (QED) is 0.307. The van der Waals surface area contributed by atoms with Crippen molar-refractivity contribution in [2.45, 2.75) is 33.4 Å². The monoisotopic (exact) mass is 471 g/mol. The van der Waals surface area contributed by atoms with Crippen molar-refractivity contribution in [1.29, 1.82) is 5.41 Å². The van der Waals surface area contributed by atoms with Gasteiger partial charge in [-0.25, -0.2) is 4.98 Å². The van der Waals surface area contributed by atoms with E-state index in [2.05, 4.69) is 54.4 Å². The molecule has 182 valence electrons. The Bertz CT molecular complexity index is 1050. The third kappa shape index (κ3) is 6.40. The van der Waals surface area contributed by atoms with Gasteiger partial charge >= 0.3 is 6.18 Å². The van der Waals surface area contributed by atoms with Crippen molar-refractivity contribution in [2.75, 3.05) is 29.9 Å². The molecule has 2 heterocycles. The first kappa shape index (κ1) is 25.3. The molecule has 1 saturated heterocycles. The number of rotatable bonds is 9. The standard InChI is InChI=1S/C26H32F3N5/c1-6-17(2)32-14-21(30)23-22(34-15-19(16-34)25(3,4)5)11-12-31-24(23)33-20-9-7-18(8-10-20)13-26(27,28)29/h6-12,19,30,32H,1-2,13-16H2,3-5H3,(H,31,33). The number of benzene rings is 1. The zero-order valence-electron chi connectivity index (χ0n) is 19.9. The number of hydrogen-bond acceptors (Lipinski definition) is 5. The Morgan fingerprint density at radius 2 is 1.82 bits per heavy atom. The summed E-state index contributed by atoms with van der Waals surface area (Å²) in [5, 5.41) is 15.0. The highest BCUT2D eigenvalue weighted by Crippen LogP contribution is 2.39. The molecule has 0 bridgehead atoms. The molecule has 0 unspecified atom stereocenters. The first-order chi connectivity index (χ1) is 15.9. The van der Waals surface area contributed by atoms with Crippen LogP contribution in [-0.4, -0.2) is 36.5 Å². The summed E-state index contributed by atoms with van der Waals surface area (Å²) in [6.45, 7) is 16.2. The van der Waals surface area contributed by atoms with Gasteiger partial charge in [0.25, 0.3) is 0 Å².